The molecule has 2 aliphatic rings. The van der Waals surface area contributed by atoms with Gasteiger partial charge in [0.2, 0.25) is 0 Å². The Morgan fingerprint density at radius 2 is 0.657 bits per heavy atom. The fourth-order valence-corrected chi connectivity index (χ4v) is 13.6. The Hall–Kier alpha value is -2.04. The van der Waals surface area contributed by atoms with Gasteiger partial charge in [0.15, 0.2) is 0 Å². The van der Waals surface area contributed by atoms with E-state index >= 15 is 0 Å². The first-order valence-corrected chi connectivity index (χ1v) is 28.9. The second kappa shape index (κ2) is 24.1. The maximum atomic E-state index is 7.27. The Morgan fingerprint density at radius 1 is 0.414 bits per heavy atom. The quantitative estimate of drug-likeness (QED) is 0.0602. The van der Waals surface area contributed by atoms with Crippen molar-refractivity contribution in [3.63, 3.8) is 0 Å². The molecular formula is C66H114O4. The summed E-state index contributed by atoms with van der Waals surface area (Å²) < 4.78 is 26.2. The van der Waals surface area contributed by atoms with Crippen molar-refractivity contribution in [1.82, 2.24) is 0 Å². The molecule has 4 nitrogen and oxygen atoms in total. The molecule has 4 rings (SSSR count). The average Bonchev–Trinajstić information content (AvgIpc) is 4.11. The van der Waals surface area contributed by atoms with Crippen LogP contribution in [0, 0.1) is 33.5 Å². The van der Waals surface area contributed by atoms with Crippen LogP contribution >= 0.6 is 0 Å². The van der Waals surface area contributed by atoms with Crippen LogP contribution in [0.1, 0.15) is 276 Å². The second-order valence-electron chi connectivity index (χ2n) is 30.6. The Labute approximate surface area is 435 Å². The van der Waals surface area contributed by atoms with Crippen LogP contribution in [-0.4, -0.2) is 38.6 Å². The van der Waals surface area contributed by atoms with Crippen LogP contribution in [0.3, 0.4) is 0 Å². The lowest BCUT2D eigenvalue weighted by molar-refractivity contribution is 0.234. The zero-order chi connectivity index (χ0) is 52.7. The van der Waals surface area contributed by atoms with Crippen molar-refractivity contribution >= 4 is 0 Å². The maximum Gasteiger partial charge on any atom is 0.126 e. The average molecular weight is 972 g/mol. The molecule has 0 saturated carbocycles. The van der Waals surface area contributed by atoms with Gasteiger partial charge in [0, 0.05) is 22.3 Å². The Balaban J connectivity index is 1.86. The molecular weight excluding hydrogens is 857 g/mol. The highest BCUT2D eigenvalue weighted by Gasteiger charge is 2.40. The second-order valence-corrected chi connectivity index (χ2v) is 30.6. The maximum absolute atomic E-state index is 7.27. The number of hydrogen-bond acceptors (Lipinski definition) is 4. The fraction of sp³-hybridized carbons (Fsp3) is 0.818. The molecule has 402 valence electrons. The smallest absolute Gasteiger partial charge is 0.126 e. The number of aryl methyl sites for hydroxylation is 2. The van der Waals surface area contributed by atoms with Gasteiger partial charge in [-0.05, 0) is 143 Å². The summed E-state index contributed by atoms with van der Waals surface area (Å²) in [6, 6.07) is 10.3. The molecule has 2 aliphatic heterocycles. The van der Waals surface area contributed by atoms with E-state index < -0.39 is 0 Å². The third-order valence-corrected chi connectivity index (χ3v) is 15.4. The topological polar surface area (TPSA) is 43.5 Å². The van der Waals surface area contributed by atoms with Crippen molar-refractivity contribution in [3.8, 4) is 11.5 Å². The molecule has 4 heteroatoms. The van der Waals surface area contributed by atoms with Crippen LogP contribution in [0.4, 0.5) is 0 Å². The van der Waals surface area contributed by atoms with Crippen molar-refractivity contribution in [3.05, 3.63) is 57.6 Å². The molecule has 2 fully saturated rings. The zero-order valence-electron chi connectivity index (χ0n) is 50.4. The Morgan fingerprint density at radius 3 is 0.871 bits per heavy atom. The molecule has 2 heterocycles. The molecule has 0 bridgehead atoms. The largest absolute Gasteiger partial charge is 0.493 e. The molecule has 70 heavy (non-hydrogen) atoms. The van der Waals surface area contributed by atoms with Crippen LogP contribution < -0.4 is 9.47 Å². The summed E-state index contributed by atoms with van der Waals surface area (Å²) in [5.74, 6) is 3.60. The Bertz CT molecular complexity index is 1670. The first-order valence-electron chi connectivity index (χ1n) is 28.9. The number of ether oxygens (including phenoxy) is 4. The van der Waals surface area contributed by atoms with Crippen molar-refractivity contribution in [2.45, 2.75) is 289 Å². The lowest BCUT2D eigenvalue weighted by Crippen LogP contribution is -2.30. The van der Waals surface area contributed by atoms with Crippen molar-refractivity contribution in [2.24, 2.45) is 33.5 Å². The van der Waals surface area contributed by atoms with Crippen LogP contribution in [0.25, 0.3) is 0 Å². The highest BCUT2D eigenvalue weighted by molar-refractivity contribution is 5.54. The first-order chi connectivity index (χ1) is 32.1. The molecule has 0 radical (unpaired) electrons. The molecule has 2 aromatic carbocycles. The molecule has 0 aliphatic carbocycles. The van der Waals surface area contributed by atoms with Crippen LogP contribution in [-0.2, 0) is 44.0 Å². The summed E-state index contributed by atoms with van der Waals surface area (Å²) in [6.07, 6.45) is 19.2. The number of unbranched alkanes of at least 4 members (excludes halogenated alkanes) is 2. The van der Waals surface area contributed by atoms with E-state index in [-0.39, 0.29) is 43.3 Å². The standard InChI is InChI=1S/C66H114O4/c1-23-25-29-49(55-41-69-55)31-27-35-67-57-51(63(15,16)43-59(3,4)5)37-47(38-52(57)64(17,18)44-60(6,7)8)33-34-48-39-53(65(19,20)45-61(9,10)11)58(54(40-48)66(21,22)46-62(12,13)14)68-36-28-32-50(30-26-24-2)56-42-70-56/h37-40,49-50,55-56H,23-36,41-46H2,1-22H3. The van der Waals surface area contributed by atoms with Crippen LogP contribution in [0.15, 0.2) is 24.3 Å². The van der Waals surface area contributed by atoms with E-state index in [0.29, 0.717) is 24.0 Å². The van der Waals surface area contributed by atoms with E-state index in [0.717, 1.165) is 89.3 Å². The molecule has 2 aromatic rings. The summed E-state index contributed by atoms with van der Waals surface area (Å²) in [6.45, 7) is 56.6. The molecule has 0 amide bonds. The van der Waals surface area contributed by atoms with E-state index in [2.05, 4.69) is 177 Å². The predicted octanol–water partition coefficient (Wildman–Crippen LogP) is 19.1. The van der Waals surface area contributed by atoms with Crippen molar-refractivity contribution in [2.75, 3.05) is 26.4 Å². The van der Waals surface area contributed by atoms with Gasteiger partial charge in [-0.25, -0.2) is 0 Å². The van der Waals surface area contributed by atoms with Gasteiger partial charge in [-0.1, -0.05) is 202 Å². The van der Waals surface area contributed by atoms with Gasteiger partial charge >= 0.3 is 0 Å². The highest BCUT2D eigenvalue weighted by atomic mass is 16.6. The lowest BCUT2D eigenvalue weighted by atomic mass is 9.67. The molecule has 4 atom stereocenters. The summed E-state index contributed by atoms with van der Waals surface area (Å²) >= 11 is 0. The summed E-state index contributed by atoms with van der Waals surface area (Å²) in [5.41, 5.74) is 8.69. The molecule has 0 N–H and O–H groups in total. The lowest BCUT2D eigenvalue weighted by Gasteiger charge is -2.39. The molecule has 4 unspecified atom stereocenters. The monoisotopic (exact) mass is 971 g/mol. The molecule has 0 aromatic heterocycles. The van der Waals surface area contributed by atoms with Crippen LogP contribution in [0.2, 0.25) is 0 Å². The summed E-state index contributed by atoms with van der Waals surface area (Å²) in [7, 11) is 0. The van der Waals surface area contributed by atoms with Gasteiger partial charge in [-0.2, -0.15) is 0 Å². The van der Waals surface area contributed by atoms with E-state index in [1.54, 1.807) is 0 Å². The predicted molar refractivity (Wildman–Crippen MR) is 304 cm³/mol. The highest BCUT2D eigenvalue weighted by Crippen LogP contribution is 2.50. The van der Waals surface area contributed by atoms with E-state index in [1.807, 2.05) is 0 Å². The first kappa shape index (κ1) is 60.5. The van der Waals surface area contributed by atoms with Crippen molar-refractivity contribution in [1.29, 1.82) is 0 Å². The SMILES string of the molecule is CCCCC(CCCOc1c(C(C)(C)CC(C)(C)C)cc(CCc2cc(C(C)(C)CC(C)(C)C)c(OCCCC(CCCC)C3CO3)c(C(C)(C)CC(C)(C)C)c2)cc1C(C)(C)CC(C)(C)C)C1CO1. The number of rotatable bonds is 29. The van der Waals surface area contributed by atoms with Gasteiger partial charge in [0.1, 0.15) is 11.5 Å². The third-order valence-electron chi connectivity index (χ3n) is 15.4. The van der Waals surface area contributed by atoms with Gasteiger partial charge in [-0.15, -0.1) is 0 Å². The van der Waals surface area contributed by atoms with Gasteiger partial charge in [-0.3, -0.25) is 0 Å². The zero-order valence-corrected chi connectivity index (χ0v) is 50.4. The van der Waals surface area contributed by atoms with E-state index in [4.69, 9.17) is 18.9 Å². The number of hydrogen-bond donors (Lipinski definition) is 0. The number of benzene rings is 2. The minimum Gasteiger partial charge on any atom is -0.493 e. The van der Waals surface area contributed by atoms with E-state index in [1.165, 1.54) is 84.7 Å². The van der Waals surface area contributed by atoms with Crippen LogP contribution in [0.5, 0.6) is 11.5 Å². The minimum absolute atomic E-state index is 0.0867. The number of epoxide rings is 2. The minimum atomic E-state index is -0.0867. The van der Waals surface area contributed by atoms with Gasteiger partial charge < -0.3 is 18.9 Å². The third kappa shape index (κ3) is 19.7. The van der Waals surface area contributed by atoms with Crippen molar-refractivity contribution < 1.29 is 18.9 Å². The normalized spacial score (nSPS) is 18.3. The van der Waals surface area contributed by atoms with Gasteiger partial charge in [0.05, 0.1) is 38.6 Å². The Kier molecular flexibility index (Phi) is 20.8. The summed E-state index contributed by atoms with van der Waals surface area (Å²) in [4.78, 5) is 0. The van der Waals surface area contributed by atoms with Gasteiger partial charge in [0.25, 0.3) is 0 Å². The fourth-order valence-electron chi connectivity index (χ4n) is 13.6. The summed E-state index contributed by atoms with van der Waals surface area (Å²) in [5, 5.41) is 0. The molecule has 2 saturated heterocycles. The van der Waals surface area contributed by atoms with E-state index in [9.17, 15) is 0 Å². The molecule has 0 spiro atoms.